The molecule has 0 aliphatic heterocycles. The average Bonchev–Trinajstić information content (AvgIpc) is 2.46. The number of nitro benzene ring substituents is 1. The summed E-state index contributed by atoms with van der Waals surface area (Å²) >= 11 is 5.78. The van der Waals surface area contributed by atoms with Gasteiger partial charge in [0.1, 0.15) is 17.4 Å². The van der Waals surface area contributed by atoms with E-state index in [0.717, 1.165) is 5.75 Å². The number of nitrogens with zero attached hydrogens (tertiary/aromatic N) is 1. The Bertz CT molecular complexity index is 656. The minimum Gasteiger partial charge on any atom is -0.489 e. The highest BCUT2D eigenvalue weighted by Crippen LogP contribution is 2.26. The van der Waals surface area contributed by atoms with Crippen LogP contribution in [0.2, 0.25) is 5.02 Å². The molecule has 0 aliphatic rings. The Kier molecular flexibility index (Phi) is 4.81. The molecule has 0 bridgehead atoms. The third-order valence-electron chi connectivity index (χ3n) is 3.14. The number of rotatable bonds is 5. The maximum Gasteiger partial charge on any atom is 0.288 e. The lowest BCUT2D eigenvalue weighted by atomic mass is 10.0. The van der Waals surface area contributed by atoms with E-state index in [9.17, 15) is 10.1 Å². The lowest BCUT2D eigenvalue weighted by Gasteiger charge is -2.10. The van der Waals surface area contributed by atoms with Crippen molar-refractivity contribution in [2.24, 2.45) is 0 Å². The van der Waals surface area contributed by atoms with Crippen LogP contribution in [0.15, 0.2) is 42.5 Å². The number of halogens is 1. The van der Waals surface area contributed by atoms with Gasteiger partial charge in [0, 0.05) is 6.07 Å². The minimum absolute atomic E-state index is 0.103. The Labute approximate surface area is 128 Å². The molecule has 0 saturated carbocycles. The van der Waals surface area contributed by atoms with Gasteiger partial charge in [0.2, 0.25) is 0 Å². The number of hydrogen-bond acceptors (Lipinski definition) is 3. The number of hydrogen-bond donors (Lipinski definition) is 0. The van der Waals surface area contributed by atoms with E-state index < -0.39 is 4.92 Å². The van der Waals surface area contributed by atoms with Gasteiger partial charge in [0.15, 0.2) is 0 Å². The van der Waals surface area contributed by atoms with Crippen molar-refractivity contribution in [1.82, 2.24) is 0 Å². The molecule has 21 heavy (non-hydrogen) atoms. The van der Waals surface area contributed by atoms with Crippen molar-refractivity contribution < 1.29 is 9.66 Å². The summed E-state index contributed by atoms with van der Waals surface area (Å²) in [7, 11) is 0. The molecular weight excluding hydrogens is 290 g/mol. The van der Waals surface area contributed by atoms with Gasteiger partial charge in [-0.2, -0.15) is 0 Å². The van der Waals surface area contributed by atoms with E-state index in [2.05, 4.69) is 13.8 Å². The van der Waals surface area contributed by atoms with Crippen molar-refractivity contribution in [3.63, 3.8) is 0 Å². The van der Waals surface area contributed by atoms with Gasteiger partial charge in [-0.25, -0.2) is 0 Å². The summed E-state index contributed by atoms with van der Waals surface area (Å²) in [5.74, 6) is 1.17. The quantitative estimate of drug-likeness (QED) is 0.580. The molecule has 0 unspecified atom stereocenters. The zero-order chi connectivity index (χ0) is 15.4. The number of ether oxygens (including phenoxy) is 1. The van der Waals surface area contributed by atoms with Crippen molar-refractivity contribution in [1.29, 1.82) is 0 Å². The van der Waals surface area contributed by atoms with Gasteiger partial charge in [-0.1, -0.05) is 43.6 Å². The van der Waals surface area contributed by atoms with Crippen LogP contribution >= 0.6 is 11.6 Å². The fourth-order valence-corrected chi connectivity index (χ4v) is 2.10. The molecule has 0 aromatic heterocycles. The van der Waals surface area contributed by atoms with E-state index >= 15 is 0 Å². The fraction of sp³-hybridized carbons (Fsp3) is 0.250. The molecule has 0 aliphatic carbocycles. The van der Waals surface area contributed by atoms with Gasteiger partial charge in [-0.3, -0.25) is 10.1 Å². The molecule has 2 aromatic rings. The third kappa shape index (κ3) is 3.95. The Morgan fingerprint density at radius 2 is 2.00 bits per heavy atom. The summed E-state index contributed by atoms with van der Waals surface area (Å²) in [6, 6.07) is 12.5. The second-order valence-electron chi connectivity index (χ2n) is 5.06. The lowest BCUT2D eigenvalue weighted by Crippen LogP contribution is -1.98. The maximum atomic E-state index is 10.8. The Balaban J connectivity index is 2.11. The molecule has 0 fully saturated rings. The molecule has 0 amide bonds. The maximum absolute atomic E-state index is 10.8. The fourth-order valence-electron chi connectivity index (χ4n) is 1.92. The molecule has 2 aromatic carbocycles. The molecule has 110 valence electrons. The highest BCUT2D eigenvalue weighted by atomic mass is 35.5. The van der Waals surface area contributed by atoms with E-state index in [-0.39, 0.29) is 17.3 Å². The van der Waals surface area contributed by atoms with Crippen LogP contribution < -0.4 is 4.74 Å². The van der Waals surface area contributed by atoms with Gasteiger partial charge in [0.05, 0.1) is 4.92 Å². The zero-order valence-corrected chi connectivity index (χ0v) is 12.6. The van der Waals surface area contributed by atoms with Crippen molar-refractivity contribution in [3.05, 3.63) is 68.7 Å². The van der Waals surface area contributed by atoms with Gasteiger partial charge in [-0.05, 0) is 35.2 Å². The minimum atomic E-state index is -0.495. The SMILES string of the molecule is CC(C)c1cccc(OCc2ccc(Cl)c([N+](=O)[O-])c2)c1. The first-order valence-corrected chi connectivity index (χ1v) is 7.00. The Hall–Kier alpha value is -2.07. The van der Waals surface area contributed by atoms with E-state index in [1.807, 2.05) is 24.3 Å². The van der Waals surface area contributed by atoms with Crippen molar-refractivity contribution in [2.75, 3.05) is 0 Å². The molecule has 0 spiro atoms. The third-order valence-corrected chi connectivity index (χ3v) is 3.46. The first-order valence-electron chi connectivity index (χ1n) is 6.63. The van der Waals surface area contributed by atoms with Crippen LogP contribution in [0.3, 0.4) is 0 Å². The molecule has 0 heterocycles. The molecule has 0 saturated heterocycles. The second-order valence-corrected chi connectivity index (χ2v) is 5.47. The molecular formula is C16H16ClNO3. The van der Waals surface area contributed by atoms with Crippen LogP contribution in [0.4, 0.5) is 5.69 Å². The molecule has 0 radical (unpaired) electrons. The summed E-state index contributed by atoms with van der Waals surface area (Å²) in [6.07, 6.45) is 0. The normalized spacial score (nSPS) is 10.7. The van der Waals surface area contributed by atoms with E-state index in [1.54, 1.807) is 6.07 Å². The summed E-state index contributed by atoms with van der Waals surface area (Å²) in [4.78, 5) is 10.4. The van der Waals surface area contributed by atoms with E-state index in [0.29, 0.717) is 11.5 Å². The predicted octanol–water partition coefficient (Wildman–Crippen LogP) is 4.95. The standard InChI is InChI=1S/C16H16ClNO3/c1-11(2)13-4-3-5-14(9-13)21-10-12-6-7-15(17)16(8-12)18(19)20/h3-9,11H,10H2,1-2H3. The summed E-state index contributed by atoms with van der Waals surface area (Å²) in [6.45, 7) is 4.49. The lowest BCUT2D eigenvalue weighted by molar-refractivity contribution is -0.384. The van der Waals surface area contributed by atoms with Crippen molar-refractivity contribution >= 4 is 17.3 Å². The Morgan fingerprint density at radius 1 is 1.24 bits per heavy atom. The van der Waals surface area contributed by atoms with Gasteiger partial charge in [0.25, 0.3) is 5.69 Å². The molecule has 2 rings (SSSR count). The highest BCUT2D eigenvalue weighted by molar-refractivity contribution is 6.32. The first kappa shape index (κ1) is 15.3. The van der Waals surface area contributed by atoms with Crippen LogP contribution in [0, 0.1) is 10.1 Å². The monoisotopic (exact) mass is 305 g/mol. The van der Waals surface area contributed by atoms with Crippen LogP contribution in [0.25, 0.3) is 0 Å². The van der Waals surface area contributed by atoms with Crippen molar-refractivity contribution in [3.8, 4) is 5.75 Å². The largest absolute Gasteiger partial charge is 0.489 e. The van der Waals surface area contributed by atoms with Crippen LogP contribution in [0.5, 0.6) is 5.75 Å². The molecule has 4 nitrogen and oxygen atoms in total. The Morgan fingerprint density at radius 3 is 2.67 bits per heavy atom. The summed E-state index contributed by atoms with van der Waals surface area (Å²) < 4.78 is 5.69. The van der Waals surface area contributed by atoms with Gasteiger partial charge in [-0.15, -0.1) is 0 Å². The molecule has 0 N–H and O–H groups in total. The smallest absolute Gasteiger partial charge is 0.288 e. The van der Waals surface area contributed by atoms with Crippen LogP contribution in [-0.4, -0.2) is 4.92 Å². The number of nitro groups is 1. The summed E-state index contributed by atoms with van der Waals surface area (Å²) in [5.41, 5.74) is 1.80. The first-order chi connectivity index (χ1) is 9.97. The van der Waals surface area contributed by atoms with Crippen LogP contribution in [-0.2, 0) is 6.61 Å². The predicted molar refractivity (Wildman–Crippen MR) is 83.0 cm³/mol. The van der Waals surface area contributed by atoms with E-state index in [4.69, 9.17) is 16.3 Å². The second kappa shape index (κ2) is 6.59. The average molecular weight is 306 g/mol. The van der Waals surface area contributed by atoms with Crippen molar-refractivity contribution in [2.45, 2.75) is 26.4 Å². The highest BCUT2D eigenvalue weighted by Gasteiger charge is 2.13. The number of benzene rings is 2. The summed E-state index contributed by atoms with van der Waals surface area (Å²) in [5, 5.41) is 11.0. The zero-order valence-electron chi connectivity index (χ0n) is 11.9. The van der Waals surface area contributed by atoms with E-state index in [1.165, 1.54) is 17.7 Å². The molecule has 0 atom stereocenters. The van der Waals surface area contributed by atoms with Gasteiger partial charge < -0.3 is 4.74 Å². The van der Waals surface area contributed by atoms with Crippen LogP contribution in [0.1, 0.15) is 30.9 Å². The molecule has 5 heteroatoms. The van der Waals surface area contributed by atoms with Gasteiger partial charge >= 0.3 is 0 Å². The topological polar surface area (TPSA) is 52.4 Å².